The maximum Gasteiger partial charge on any atom is 0.174 e. The summed E-state index contributed by atoms with van der Waals surface area (Å²) in [6, 6.07) is 17.0. The van der Waals surface area contributed by atoms with Gasteiger partial charge in [0.05, 0.1) is 5.52 Å². The topological polar surface area (TPSA) is 61.1 Å². The van der Waals surface area contributed by atoms with Crippen LogP contribution in [0.5, 0.6) is 5.75 Å². The van der Waals surface area contributed by atoms with E-state index in [9.17, 15) is 5.11 Å². The van der Waals surface area contributed by atoms with Crippen LogP contribution in [-0.2, 0) is 0 Å². The molecule has 0 unspecified atom stereocenters. The average Bonchev–Trinajstić information content (AvgIpc) is 2.62. The lowest BCUT2D eigenvalue weighted by atomic mass is 10.2. The summed E-state index contributed by atoms with van der Waals surface area (Å²) in [7, 11) is 0. The Morgan fingerprint density at radius 3 is 2.50 bits per heavy atom. The first-order chi connectivity index (χ1) is 11.7. The second-order valence-corrected chi connectivity index (χ2v) is 5.41. The van der Waals surface area contributed by atoms with Crippen molar-refractivity contribution in [2.24, 2.45) is 10.2 Å². The summed E-state index contributed by atoms with van der Waals surface area (Å²) < 4.78 is 0. The third-order valence-electron chi connectivity index (χ3n) is 3.93. The van der Waals surface area contributed by atoms with E-state index in [1.807, 2.05) is 42.5 Å². The quantitative estimate of drug-likeness (QED) is 0.657. The molecule has 5 heteroatoms. The van der Waals surface area contributed by atoms with Crippen LogP contribution < -0.4 is 4.90 Å². The fourth-order valence-electron chi connectivity index (χ4n) is 2.60. The number of para-hydroxylation sites is 1. The molecule has 0 aliphatic carbocycles. The molecule has 122 valence electrons. The van der Waals surface area contributed by atoms with Gasteiger partial charge in [0, 0.05) is 30.2 Å². The summed E-state index contributed by atoms with van der Waals surface area (Å²) in [5, 5.41) is 19.5. The van der Waals surface area contributed by atoms with Gasteiger partial charge in [0.1, 0.15) is 11.4 Å². The number of azo groups is 1. The SMILES string of the molecule is CCN(CC)c1ccc(N=Nc2ccc3ccccc3n2)c(O)c1. The minimum atomic E-state index is 0.115. The van der Waals surface area contributed by atoms with Crippen molar-refractivity contribution in [1.82, 2.24) is 4.98 Å². The predicted molar refractivity (Wildman–Crippen MR) is 97.6 cm³/mol. The number of rotatable bonds is 5. The maximum absolute atomic E-state index is 10.2. The van der Waals surface area contributed by atoms with Gasteiger partial charge in [-0.1, -0.05) is 18.2 Å². The first kappa shape index (κ1) is 15.9. The normalized spacial score (nSPS) is 11.2. The average molecular weight is 320 g/mol. The molecule has 1 aromatic heterocycles. The van der Waals surface area contributed by atoms with Crippen LogP contribution in [0, 0.1) is 0 Å². The Morgan fingerprint density at radius 1 is 0.958 bits per heavy atom. The molecule has 0 saturated heterocycles. The Hall–Kier alpha value is -2.95. The zero-order valence-electron chi connectivity index (χ0n) is 13.8. The van der Waals surface area contributed by atoms with Gasteiger partial charge in [-0.15, -0.1) is 10.2 Å². The number of aromatic nitrogens is 1. The fourth-order valence-corrected chi connectivity index (χ4v) is 2.60. The summed E-state index contributed by atoms with van der Waals surface area (Å²) in [5.74, 6) is 0.629. The molecular weight excluding hydrogens is 300 g/mol. The van der Waals surface area contributed by atoms with Crippen molar-refractivity contribution in [2.45, 2.75) is 13.8 Å². The predicted octanol–water partition coefficient (Wildman–Crippen LogP) is 5.20. The fraction of sp³-hybridized carbons (Fsp3) is 0.211. The highest BCUT2D eigenvalue weighted by Crippen LogP contribution is 2.32. The third-order valence-corrected chi connectivity index (χ3v) is 3.93. The number of phenolic OH excluding ortho intramolecular Hbond substituents is 1. The highest BCUT2D eigenvalue weighted by atomic mass is 16.3. The molecule has 5 nitrogen and oxygen atoms in total. The number of nitrogens with zero attached hydrogens (tertiary/aromatic N) is 4. The molecule has 0 amide bonds. The van der Waals surface area contributed by atoms with Gasteiger partial charge in [0.2, 0.25) is 0 Å². The summed E-state index contributed by atoms with van der Waals surface area (Å²) in [5.41, 5.74) is 2.27. The summed E-state index contributed by atoms with van der Waals surface area (Å²) in [4.78, 5) is 6.60. The molecule has 0 fully saturated rings. The van der Waals surface area contributed by atoms with Crippen LogP contribution in [-0.4, -0.2) is 23.2 Å². The zero-order valence-corrected chi connectivity index (χ0v) is 13.8. The van der Waals surface area contributed by atoms with Crippen molar-refractivity contribution in [2.75, 3.05) is 18.0 Å². The molecule has 0 atom stereocenters. The largest absolute Gasteiger partial charge is 0.506 e. The van der Waals surface area contributed by atoms with E-state index in [0.29, 0.717) is 11.5 Å². The number of aromatic hydroxyl groups is 1. The summed E-state index contributed by atoms with van der Waals surface area (Å²) >= 11 is 0. The van der Waals surface area contributed by atoms with Gasteiger partial charge in [-0.2, -0.15) is 0 Å². The van der Waals surface area contributed by atoms with E-state index in [0.717, 1.165) is 29.7 Å². The van der Waals surface area contributed by atoms with Crippen molar-refractivity contribution in [3.63, 3.8) is 0 Å². The van der Waals surface area contributed by atoms with Crippen LogP contribution in [0.4, 0.5) is 17.2 Å². The highest BCUT2D eigenvalue weighted by molar-refractivity contribution is 5.79. The Labute approximate surface area is 141 Å². The molecular formula is C19H20N4O. The van der Waals surface area contributed by atoms with Gasteiger partial charge in [0.25, 0.3) is 0 Å². The molecule has 3 rings (SSSR count). The zero-order chi connectivity index (χ0) is 16.9. The minimum absolute atomic E-state index is 0.115. The van der Waals surface area contributed by atoms with Crippen molar-refractivity contribution < 1.29 is 5.11 Å². The van der Waals surface area contributed by atoms with Crippen molar-refractivity contribution in [3.05, 3.63) is 54.6 Å². The van der Waals surface area contributed by atoms with E-state index in [-0.39, 0.29) is 5.75 Å². The molecule has 0 bridgehead atoms. The van der Waals surface area contributed by atoms with Crippen LogP contribution in [0.1, 0.15) is 13.8 Å². The number of phenols is 1. The van der Waals surface area contributed by atoms with Crippen LogP contribution >= 0.6 is 0 Å². The lowest BCUT2D eigenvalue weighted by Crippen LogP contribution is -2.21. The molecule has 24 heavy (non-hydrogen) atoms. The lowest BCUT2D eigenvalue weighted by Gasteiger charge is -2.21. The van der Waals surface area contributed by atoms with Gasteiger partial charge < -0.3 is 10.0 Å². The van der Waals surface area contributed by atoms with Gasteiger partial charge in [-0.05, 0) is 44.2 Å². The van der Waals surface area contributed by atoms with E-state index < -0.39 is 0 Å². The van der Waals surface area contributed by atoms with Crippen molar-refractivity contribution in [1.29, 1.82) is 0 Å². The number of benzene rings is 2. The number of hydrogen-bond donors (Lipinski definition) is 1. The van der Waals surface area contributed by atoms with Crippen molar-refractivity contribution >= 4 is 28.1 Å². The summed E-state index contributed by atoms with van der Waals surface area (Å²) in [6.45, 7) is 5.94. The van der Waals surface area contributed by atoms with Gasteiger partial charge in [-0.25, -0.2) is 4.98 Å². The molecule has 1 heterocycles. The standard InChI is InChI=1S/C19H20N4O/c1-3-23(4-2)15-10-11-17(18(24)13-15)21-22-19-12-9-14-7-5-6-8-16(14)20-19/h5-13,24H,3-4H2,1-2H3. The van der Waals surface area contributed by atoms with Crippen molar-refractivity contribution in [3.8, 4) is 5.75 Å². The van der Waals surface area contributed by atoms with Gasteiger partial charge in [-0.3, -0.25) is 0 Å². The Kier molecular flexibility index (Phi) is 4.70. The molecule has 0 aliphatic rings. The first-order valence-electron chi connectivity index (χ1n) is 8.06. The van der Waals surface area contributed by atoms with E-state index in [4.69, 9.17) is 0 Å². The molecule has 0 aliphatic heterocycles. The summed E-state index contributed by atoms with van der Waals surface area (Å²) in [6.07, 6.45) is 0. The monoisotopic (exact) mass is 320 g/mol. The molecule has 2 aromatic carbocycles. The Balaban J connectivity index is 1.85. The highest BCUT2D eigenvalue weighted by Gasteiger charge is 2.06. The van der Waals surface area contributed by atoms with Crippen LogP contribution in [0.2, 0.25) is 0 Å². The van der Waals surface area contributed by atoms with E-state index in [1.165, 1.54) is 0 Å². The molecule has 1 N–H and O–H groups in total. The molecule has 0 spiro atoms. The third kappa shape index (κ3) is 3.35. The van der Waals surface area contributed by atoms with Crippen LogP contribution in [0.25, 0.3) is 10.9 Å². The van der Waals surface area contributed by atoms with E-state index in [2.05, 4.69) is 34.0 Å². The Morgan fingerprint density at radius 2 is 1.75 bits per heavy atom. The van der Waals surface area contributed by atoms with Crippen LogP contribution in [0.15, 0.2) is 64.8 Å². The van der Waals surface area contributed by atoms with Gasteiger partial charge in [0.15, 0.2) is 5.82 Å². The van der Waals surface area contributed by atoms with E-state index >= 15 is 0 Å². The smallest absolute Gasteiger partial charge is 0.174 e. The number of hydrogen-bond acceptors (Lipinski definition) is 5. The maximum atomic E-state index is 10.2. The number of fused-ring (bicyclic) bond motifs is 1. The van der Waals surface area contributed by atoms with Crippen LogP contribution in [0.3, 0.4) is 0 Å². The minimum Gasteiger partial charge on any atom is -0.506 e. The molecule has 3 aromatic rings. The van der Waals surface area contributed by atoms with Gasteiger partial charge >= 0.3 is 0 Å². The first-order valence-corrected chi connectivity index (χ1v) is 8.06. The second kappa shape index (κ2) is 7.08. The number of pyridine rings is 1. The molecule has 0 radical (unpaired) electrons. The molecule has 0 saturated carbocycles. The van der Waals surface area contributed by atoms with E-state index in [1.54, 1.807) is 12.1 Å². The Bertz CT molecular complexity index is 872. The number of anilines is 1. The second-order valence-electron chi connectivity index (χ2n) is 5.41. The lowest BCUT2D eigenvalue weighted by molar-refractivity contribution is 0.476.